The Bertz CT molecular complexity index is 1000. The number of aliphatic hydroxyl groups excluding tert-OH is 1. The number of alkyl halides is 3. The van der Waals surface area contributed by atoms with Crippen molar-refractivity contribution in [2.75, 3.05) is 7.11 Å². The van der Waals surface area contributed by atoms with Crippen LogP contribution in [0.25, 0.3) is 11.1 Å². The predicted octanol–water partition coefficient (Wildman–Crippen LogP) is 4.12. The summed E-state index contributed by atoms with van der Waals surface area (Å²) < 4.78 is 48.8. The van der Waals surface area contributed by atoms with Crippen molar-refractivity contribution < 1.29 is 37.3 Å². The van der Waals surface area contributed by atoms with Gasteiger partial charge in [0, 0.05) is 0 Å². The minimum atomic E-state index is -4.65. The molecule has 1 aliphatic heterocycles. The zero-order valence-corrected chi connectivity index (χ0v) is 14.4. The monoisotopic (exact) mass is 390 g/mol. The second-order valence-corrected chi connectivity index (χ2v) is 5.75. The van der Waals surface area contributed by atoms with Gasteiger partial charge in [0.15, 0.2) is 11.5 Å². The Labute approximate surface area is 157 Å². The van der Waals surface area contributed by atoms with Gasteiger partial charge in [0.1, 0.15) is 11.1 Å². The lowest BCUT2D eigenvalue weighted by Crippen LogP contribution is -2.11. The Balaban J connectivity index is 2.23. The number of hydrogen-bond acceptors (Lipinski definition) is 5. The molecule has 0 bridgehead atoms. The van der Waals surface area contributed by atoms with Crippen molar-refractivity contribution in [1.82, 2.24) is 0 Å². The lowest BCUT2D eigenvalue weighted by Gasteiger charge is -2.12. The number of carbonyl (C=O) groups is 2. The van der Waals surface area contributed by atoms with Gasteiger partial charge in [-0.2, -0.15) is 13.2 Å². The summed E-state index contributed by atoms with van der Waals surface area (Å²) in [5.41, 5.74) is -1.60. The van der Waals surface area contributed by atoms with Crippen molar-refractivity contribution in [3.8, 4) is 0 Å². The molecule has 2 aromatic rings. The Hall–Kier alpha value is -3.55. The second-order valence-electron chi connectivity index (χ2n) is 5.75. The van der Waals surface area contributed by atoms with Gasteiger partial charge in [0.05, 0.1) is 12.7 Å². The van der Waals surface area contributed by atoms with Gasteiger partial charge in [-0.25, -0.2) is 9.59 Å². The molecule has 1 aliphatic rings. The largest absolute Gasteiger partial charge is 0.504 e. The molecule has 0 aromatic heterocycles. The fraction of sp³-hybridized carbons (Fsp3) is 0.100. The molecule has 0 aliphatic carbocycles. The van der Waals surface area contributed by atoms with Crippen LogP contribution in [0.1, 0.15) is 16.7 Å². The van der Waals surface area contributed by atoms with E-state index in [0.29, 0.717) is 11.6 Å². The van der Waals surface area contributed by atoms with E-state index in [1.165, 1.54) is 18.2 Å². The smallest absolute Gasteiger partial charge is 0.416 e. The maximum Gasteiger partial charge on any atom is 0.416 e. The van der Waals surface area contributed by atoms with Crippen molar-refractivity contribution >= 4 is 23.1 Å². The highest BCUT2D eigenvalue weighted by Crippen LogP contribution is 2.38. The summed E-state index contributed by atoms with van der Waals surface area (Å²) in [6, 6.07) is 11.9. The molecule has 0 atom stereocenters. The van der Waals surface area contributed by atoms with Crippen LogP contribution in [-0.4, -0.2) is 24.2 Å². The molecule has 1 heterocycles. The summed E-state index contributed by atoms with van der Waals surface area (Å²) in [6.07, 6.45) is -4.65. The SMILES string of the molecule is COC(=O)/C(=C1\OC(=O)C(c2ccccc2)=C1O)c1cccc(C(F)(F)F)c1. The first-order valence-electron chi connectivity index (χ1n) is 7.95. The number of benzene rings is 2. The summed E-state index contributed by atoms with van der Waals surface area (Å²) in [5, 5.41) is 10.5. The van der Waals surface area contributed by atoms with E-state index in [2.05, 4.69) is 4.74 Å². The molecule has 0 spiro atoms. The van der Waals surface area contributed by atoms with Crippen LogP contribution in [0.5, 0.6) is 0 Å². The van der Waals surface area contributed by atoms with Crippen LogP contribution in [0.3, 0.4) is 0 Å². The Morgan fingerprint density at radius 1 is 1.07 bits per heavy atom. The fourth-order valence-electron chi connectivity index (χ4n) is 2.73. The standard InChI is InChI=1S/C20H13F3O5/c1-27-18(25)15(12-8-5-9-13(10-12)20(21,22)23)17-16(24)14(19(26)28-17)11-6-3-2-4-7-11/h2-10,24H,1H3/b17-15-. The summed E-state index contributed by atoms with van der Waals surface area (Å²) in [7, 11) is 1.02. The van der Waals surface area contributed by atoms with Gasteiger partial charge < -0.3 is 14.6 Å². The first kappa shape index (κ1) is 19.2. The molecule has 0 unspecified atom stereocenters. The number of cyclic esters (lactones) is 1. The second kappa shape index (κ2) is 7.22. The van der Waals surface area contributed by atoms with Gasteiger partial charge in [0.2, 0.25) is 0 Å². The summed E-state index contributed by atoms with van der Waals surface area (Å²) in [5.74, 6) is -3.22. The molecule has 0 fully saturated rings. The highest BCUT2D eigenvalue weighted by Gasteiger charge is 2.37. The average molecular weight is 390 g/mol. The topological polar surface area (TPSA) is 72.8 Å². The Morgan fingerprint density at radius 3 is 2.36 bits per heavy atom. The Kier molecular flexibility index (Phi) is 4.96. The van der Waals surface area contributed by atoms with E-state index in [0.717, 1.165) is 19.2 Å². The third-order valence-corrected chi connectivity index (χ3v) is 4.01. The van der Waals surface area contributed by atoms with E-state index >= 15 is 0 Å². The Morgan fingerprint density at radius 2 is 1.75 bits per heavy atom. The number of rotatable bonds is 3. The number of halogens is 3. The molecule has 1 N–H and O–H groups in total. The maximum atomic E-state index is 13.0. The third kappa shape index (κ3) is 3.48. The first-order valence-corrected chi connectivity index (χ1v) is 7.95. The van der Waals surface area contributed by atoms with Crippen LogP contribution >= 0.6 is 0 Å². The summed E-state index contributed by atoms with van der Waals surface area (Å²) in [6.45, 7) is 0. The highest BCUT2D eigenvalue weighted by molar-refractivity contribution is 6.25. The molecule has 144 valence electrons. The molecule has 2 aromatic carbocycles. The van der Waals surface area contributed by atoms with Crippen LogP contribution in [0, 0.1) is 0 Å². The zero-order chi connectivity index (χ0) is 20.5. The van der Waals surface area contributed by atoms with Crippen molar-refractivity contribution in [2.24, 2.45) is 0 Å². The van der Waals surface area contributed by atoms with E-state index in [1.807, 2.05) is 0 Å². The molecule has 28 heavy (non-hydrogen) atoms. The minimum absolute atomic E-state index is 0.205. The van der Waals surface area contributed by atoms with Crippen molar-refractivity contribution in [2.45, 2.75) is 6.18 Å². The summed E-state index contributed by atoms with van der Waals surface area (Å²) >= 11 is 0. The van der Waals surface area contributed by atoms with E-state index < -0.39 is 40.8 Å². The quantitative estimate of drug-likeness (QED) is 0.631. The van der Waals surface area contributed by atoms with E-state index in [9.17, 15) is 27.9 Å². The summed E-state index contributed by atoms with van der Waals surface area (Å²) in [4.78, 5) is 24.5. The van der Waals surface area contributed by atoms with E-state index in [1.54, 1.807) is 18.2 Å². The lowest BCUT2D eigenvalue weighted by atomic mass is 9.99. The van der Waals surface area contributed by atoms with Crippen molar-refractivity contribution in [3.63, 3.8) is 0 Å². The number of methoxy groups -OCH3 is 1. The highest BCUT2D eigenvalue weighted by atomic mass is 19.4. The van der Waals surface area contributed by atoms with Crippen LogP contribution < -0.4 is 0 Å². The third-order valence-electron chi connectivity index (χ3n) is 4.01. The molecule has 0 radical (unpaired) electrons. The number of esters is 2. The molecule has 5 nitrogen and oxygen atoms in total. The minimum Gasteiger partial charge on any atom is -0.504 e. The molecular weight excluding hydrogens is 377 g/mol. The number of hydrogen-bond donors (Lipinski definition) is 1. The molecule has 0 saturated heterocycles. The zero-order valence-electron chi connectivity index (χ0n) is 14.4. The molecule has 3 rings (SSSR count). The normalized spacial score (nSPS) is 16.1. The van der Waals surface area contributed by atoms with Gasteiger partial charge in [-0.05, 0) is 23.3 Å². The molecule has 0 saturated carbocycles. The predicted molar refractivity (Wildman–Crippen MR) is 92.5 cm³/mol. The van der Waals surface area contributed by atoms with Crippen molar-refractivity contribution in [1.29, 1.82) is 0 Å². The molecule has 0 amide bonds. The van der Waals surface area contributed by atoms with Gasteiger partial charge in [-0.15, -0.1) is 0 Å². The van der Waals surface area contributed by atoms with E-state index in [4.69, 9.17) is 4.74 Å². The van der Waals surface area contributed by atoms with Gasteiger partial charge in [-0.3, -0.25) is 0 Å². The van der Waals surface area contributed by atoms with Crippen molar-refractivity contribution in [3.05, 3.63) is 82.8 Å². The van der Waals surface area contributed by atoms with E-state index in [-0.39, 0.29) is 11.1 Å². The van der Waals surface area contributed by atoms with Crippen LogP contribution in [-0.2, 0) is 25.2 Å². The molecular formula is C20H13F3O5. The maximum absolute atomic E-state index is 13.0. The first-order chi connectivity index (χ1) is 13.2. The van der Waals surface area contributed by atoms with Crippen LogP contribution in [0.2, 0.25) is 0 Å². The average Bonchev–Trinajstić information content (AvgIpc) is 2.96. The number of ether oxygens (including phenoxy) is 2. The number of aliphatic hydroxyl groups is 1. The van der Waals surface area contributed by atoms with Crippen LogP contribution in [0.4, 0.5) is 13.2 Å². The lowest BCUT2D eigenvalue weighted by molar-refractivity contribution is -0.138. The fourth-order valence-corrected chi connectivity index (χ4v) is 2.73. The molecule has 8 heteroatoms. The van der Waals surface area contributed by atoms with Gasteiger partial charge in [0.25, 0.3) is 0 Å². The number of carbonyl (C=O) groups excluding carboxylic acids is 2. The van der Waals surface area contributed by atoms with Gasteiger partial charge in [-0.1, -0.05) is 42.5 Å². The van der Waals surface area contributed by atoms with Crippen LogP contribution in [0.15, 0.2) is 66.1 Å². The van der Waals surface area contributed by atoms with Gasteiger partial charge >= 0.3 is 18.1 Å².